The van der Waals surface area contributed by atoms with Crippen LogP contribution >= 0.6 is 11.6 Å². The highest BCUT2D eigenvalue weighted by Gasteiger charge is 2.33. The summed E-state index contributed by atoms with van der Waals surface area (Å²) in [6.07, 6.45) is 4.12. The average molecular weight is 259 g/mol. The van der Waals surface area contributed by atoms with Crippen molar-refractivity contribution in [1.29, 1.82) is 0 Å². The number of carbonyl (C=O) groups is 1. The van der Waals surface area contributed by atoms with Gasteiger partial charge in [-0.2, -0.15) is 0 Å². The van der Waals surface area contributed by atoms with Gasteiger partial charge in [0.15, 0.2) is 0 Å². The quantitative estimate of drug-likeness (QED) is 0.723. The predicted molar refractivity (Wildman–Crippen MR) is 70.8 cm³/mol. The fourth-order valence-electron chi connectivity index (χ4n) is 2.98. The molecular formula is C14H11ClN2O. The molecule has 0 radical (unpaired) electrons. The highest BCUT2D eigenvalue weighted by molar-refractivity contribution is 6.31. The van der Waals surface area contributed by atoms with Crippen molar-refractivity contribution in [3.05, 3.63) is 34.6 Å². The molecule has 0 amide bonds. The summed E-state index contributed by atoms with van der Waals surface area (Å²) in [4.78, 5) is 17.0. The summed E-state index contributed by atoms with van der Waals surface area (Å²) in [6, 6.07) is 5.51. The molecule has 0 saturated heterocycles. The average Bonchev–Trinajstić information content (AvgIpc) is 2.87. The molecule has 2 aliphatic rings. The van der Waals surface area contributed by atoms with Crippen molar-refractivity contribution >= 4 is 34.1 Å². The lowest BCUT2D eigenvalue weighted by Gasteiger charge is -2.10. The molecule has 4 rings (SSSR count). The Kier molecular flexibility index (Phi) is 1.98. The molecule has 1 aromatic carbocycles. The number of halogens is 1. The van der Waals surface area contributed by atoms with Gasteiger partial charge in [0, 0.05) is 16.2 Å². The van der Waals surface area contributed by atoms with E-state index in [0.29, 0.717) is 5.02 Å². The Hall–Kier alpha value is -1.61. The molecule has 0 bridgehead atoms. The number of nitrogens with zero attached hydrogens (tertiary/aromatic N) is 2. The lowest BCUT2D eigenvalue weighted by atomic mass is 9.93. The van der Waals surface area contributed by atoms with E-state index in [-0.39, 0.29) is 5.91 Å². The smallest absolute Gasteiger partial charge is 0.260 e. The van der Waals surface area contributed by atoms with Gasteiger partial charge in [0.1, 0.15) is 5.82 Å². The molecule has 0 unspecified atom stereocenters. The zero-order valence-corrected chi connectivity index (χ0v) is 10.5. The van der Waals surface area contributed by atoms with Crippen LogP contribution in [0.15, 0.2) is 23.8 Å². The highest BCUT2D eigenvalue weighted by atomic mass is 35.5. The van der Waals surface area contributed by atoms with Crippen molar-refractivity contribution in [2.45, 2.75) is 25.7 Å². The van der Waals surface area contributed by atoms with Gasteiger partial charge >= 0.3 is 0 Å². The second-order valence-corrected chi connectivity index (χ2v) is 5.31. The maximum atomic E-state index is 12.4. The van der Waals surface area contributed by atoms with Crippen molar-refractivity contribution in [3.8, 4) is 0 Å². The molecule has 2 aromatic rings. The molecule has 0 spiro atoms. The van der Waals surface area contributed by atoms with Gasteiger partial charge in [-0.25, -0.2) is 4.98 Å². The molecule has 3 nitrogen and oxygen atoms in total. The molecule has 90 valence electrons. The standard InChI is InChI=1S/C14H11ClN2O/c15-8-5-6-12-11(7-8)16-13-9-3-1-2-4-10(9)14(18)17(12)13/h5-7H,1-4H2. The van der Waals surface area contributed by atoms with Crippen molar-refractivity contribution in [1.82, 2.24) is 9.55 Å². The topological polar surface area (TPSA) is 34.9 Å². The summed E-state index contributed by atoms with van der Waals surface area (Å²) < 4.78 is 1.75. The molecular weight excluding hydrogens is 248 g/mol. The number of rotatable bonds is 0. The molecule has 4 heteroatoms. The number of fused-ring (bicyclic) bond motifs is 4. The number of imidazole rings is 1. The van der Waals surface area contributed by atoms with E-state index >= 15 is 0 Å². The van der Waals surface area contributed by atoms with Gasteiger partial charge in [0.25, 0.3) is 5.91 Å². The summed E-state index contributed by atoms with van der Waals surface area (Å²) in [5, 5.41) is 0.657. The van der Waals surface area contributed by atoms with Crippen LogP contribution in [0.25, 0.3) is 16.6 Å². The lowest BCUT2D eigenvalue weighted by Crippen LogP contribution is -2.09. The van der Waals surface area contributed by atoms with Gasteiger partial charge in [0.05, 0.1) is 11.0 Å². The maximum absolute atomic E-state index is 12.4. The minimum atomic E-state index is 0.115. The number of carbonyl (C=O) groups excluding carboxylic acids is 1. The molecule has 18 heavy (non-hydrogen) atoms. The Bertz CT molecular complexity index is 727. The number of aromatic nitrogens is 2. The van der Waals surface area contributed by atoms with E-state index in [1.54, 1.807) is 4.57 Å². The van der Waals surface area contributed by atoms with Crippen molar-refractivity contribution < 1.29 is 4.79 Å². The Morgan fingerprint density at radius 3 is 2.78 bits per heavy atom. The van der Waals surface area contributed by atoms with Crippen LogP contribution in [0.1, 0.15) is 36.3 Å². The first-order valence-electron chi connectivity index (χ1n) is 6.21. The Morgan fingerprint density at radius 2 is 1.94 bits per heavy atom. The Morgan fingerprint density at radius 1 is 1.17 bits per heavy atom. The number of allylic oxidation sites excluding steroid dienone is 2. The van der Waals surface area contributed by atoms with Crippen LogP contribution in [0, 0.1) is 0 Å². The first-order chi connectivity index (χ1) is 8.75. The van der Waals surface area contributed by atoms with Gasteiger partial charge in [-0.1, -0.05) is 11.6 Å². The second-order valence-electron chi connectivity index (χ2n) is 4.87. The van der Waals surface area contributed by atoms with E-state index in [0.717, 1.165) is 53.7 Å². The van der Waals surface area contributed by atoms with E-state index in [4.69, 9.17) is 11.6 Å². The van der Waals surface area contributed by atoms with Crippen LogP contribution < -0.4 is 0 Å². The van der Waals surface area contributed by atoms with E-state index in [1.165, 1.54) is 0 Å². The third-order valence-electron chi connectivity index (χ3n) is 3.82. The first kappa shape index (κ1) is 10.3. The van der Waals surface area contributed by atoms with Gasteiger partial charge in [-0.05, 0) is 43.9 Å². The molecule has 2 heterocycles. The molecule has 0 atom stereocenters. The van der Waals surface area contributed by atoms with E-state index < -0.39 is 0 Å². The van der Waals surface area contributed by atoms with Crippen LogP contribution in [0.5, 0.6) is 0 Å². The van der Waals surface area contributed by atoms with Gasteiger partial charge < -0.3 is 0 Å². The van der Waals surface area contributed by atoms with Crippen LogP contribution in [-0.4, -0.2) is 15.5 Å². The minimum Gasteiger partial charge on any atom is -0.269 e. The third-order valence-corrected chi connectivity index (χ3v) is 4.05. The first-order valence-corrected chi connectivity index (χ1v) is 6.58. The van der Waals surface area contributed by atoms with Crippen LogP contribution in [0.2, 0.25) is 5.02 Å². The van der Waals surface area contributed by atoms with E-state index in [2.05, 4.69) is 4.98 Å². The SMILES string of the molecule is O=C1C2=C(CCCC2)c2nc3cc(Cl)ccc3n21. The molecule has 1 aliphatic carbocycles. The second kappa shape index (κ2) is 3.45. The molecule has 1 aromatic heterocycles. The summed E-state index contributed by atoms with van der Waals surface area (Å²) in [5.41, 5.74) is 3.80. The van der Waals surface area contributed by atoms with E-state index in [1.807, 2.05) is 18.2 Å². The number of benzene rings is 1. The molecule has 1 aliphatic heterocycles. The summed E-state index contributed by atoms with van der Waals surface area (Å²) in [5.74, 6) is 0.955. The monoisotopic (exact) mass is 258 g/mol. The fourth-order valence-corrected chi connectivity index (χ4v) is 3.15. The number of hydrogen-bond acceptors (Lipinski definition) is 2. The molecule has 0 fully saturated rings. The van der Waals surface area contributed by atoms with E-state index in [9.17, 15) is 4.79 Å². The van der Waals surface area contributed by atoms with Crippen LogP contribution in [0.3, 0.4) is 0 Å². The van der Waals surface area contributed by atoms with Crippen molar-refractivity contribution in [3.63, 3.8) is 0 Å². The summed E-state index contributed by atoms with van der Waals surface area (Å²) in [6.45, 7) is 0. The maximum Gasteiger partial charge on any atom is 0.260 e. The number of hydrogen-bond donors (Lipinski definition) is 0. The van der Waals surface area contributed by atoms with Crippen LogP contribution in [0.4, 0.5) is 0 Å². The Balaban J connectivity index is 2.04. The van der Waals surface area contributed by atoms with Gasteiger partial charge in [0.2, 0.25) is 0 Å². The third kappa shape index (κ3) is 1.20. The molecule has 0 saturated carbocycles. The van der Waals surface area contributed by atoms with Crippen molar-refractivity contribution in [2.75, 3.05) is 0 Å². The minimum absolute atomic E-state index is 0.115. The van der Waals surface area contributed by atoms with Gasteiger partial charge in [-0.3, -0.25) is 9.36 Å². The zero-order chi connectivity index (χ0) is 12.3. The summed E-state index contributed by atoms with van der Waals surface area (Å²) in [7, 11) is 0. The lowest BCUT2D eigenvalue weighted by molar-refractivity contribution is 0.0961. The van der Waals surface area contributed by atoms with Crippen LogP contribution in [-0.2, 0) is 0 Å². The largest absolute Gasteiger partial charge is 0.269 e. The van der Waals surface area contributed by atoms with Crippen molar-refractivity contribution in [2.24, 2.45) is 0 Å². The Labute approximate surface area is 109 Å². The molecule has 0 N–H and O–H groups in total. The fraction of sp³-hybridized carbons (Fsp3) is 0.286. The highest BCUT2D eigenvalue weighted by Crippen LogP contribution is 2.39. The summed E-state index contributed by atoms with van der Waals surface area (Å²) >= 11 is 5.97. The van der Waals surface area contributed by atoms with Gasteiger partial charge in [-0.15, -0.1) is 0 Å². The normalized spacial score (nSPS) is 18.4. The predicted octanol–water partition coefficient (Wildman–Crippen LogP) is 3.67. The zero-order valence-electron chi connectivity index (χ0n) is 9.74.